The van der Waals surface area contributed by atoms with E-state index in [9.17, 15) is 0 Å². The Morgan fingerprint density at radius 3 is 1.27 bits per heavy atom. The molecule has 2 aliphatic carbocycles. The second-order valence-electron chi connectivity index (χ2n) is 14.8. The fourth-order valence-corrected chi connectivity index (χ4v) is 40.7. The quantitative estimate of drug-likeness (QED) is 0.133. The van der Waals surface area contributed by atoms with Gasteiger partial charge in [-0.05, 0) is 0 Å². The van der Waals surface area contributed by atoms with Crippen molar-refractivity contribution in [2.24, 2.45) is 0 Å². The fraction of sp³-hybridized carbons (Fsp3) is 0.364. The van der Waals surface area contributed by atoms with Crippen LogP contribution in [0.1, 0.15) is 120 Å². The van der Waals surface area contributed by atoms with Gasteiger partial charge in [-0.25, -0.2) is 0 Å². The van der Waals surface area contributed by atoms with E-state index in [4.69, 9.17) is 17.0 Å². The van der Waals surface area contributed by atoms with Crippen molar-refractivity contribution in [1.82, 2.24) is 0 Å². The van der Waals surface area contributed by atoms with Crippen LogP contribution >= 0.6 is 17.0 Å². The Labute approximate surface area is 299 Å². The van der Waals surface area contributed by atoms with Gasteiger partial charge in [0, 0.05) is 0 Å². The predicted octanol–water partition coefficient (Wildman–Crippen LogP) is 14.4. The van der Waals surface area contributed by atoms with E-state index in [1.807, 2.05) is 0 Å². The van der Waals surface area contributed by atoms with E-state index in [2.05, 4.69) is 152 Å². The zero-order valence-electron chi connectivity index (χ0n) is 30.2. The monoisotopic (exact) mass is 769 g/mol. The third-order valence-corrected chi connectivity index (χ3v) is 63.9. The average Bonchev–Trinajstić information content (AvgIpc) is 3.70. The van der Waals surface area contributed by atoms with Crippen LogP contribution in [0.15, 0.2) is 96.1 Å². The molecule has 0 amide bonds. The number of rotatable bonds is 11. The maximum absolute atomic E-state index is 8.76. The van der Waals surface area contributed by atoms with Gasteiger partial charge >= 0.3 is 302 Å². The van der Waals surface area contributed by atoms with Crippen LogP contribution in [-0.2, 0) is 15.6 Å². The Kier molecular flexibility index (Phi) is 10.4. The molecule has 0 heterocycles. The Bertz CT molecular complexity index is 1740. The standard InChI is InChI=1S/2C21H23.C2H7Si.2ClH.Zr/c2*1-4-15(3)19-12-11-18-13-16(5-2)14-20(18)21(19)17-9-7-6-8-10-17;1-3-2;;;/h2*6-15H,4-5H2,1-3H3;3H,1-2H3;2*1H;/q;;;;;+2/p-2. The number of halogens is 2. The molecule has 0 aromatic heterocycles. The third-order valence-electron chi connectivity index (χ3n) is 12.1. The minimum atomic E-state index is -4.85. The first-order valence-electron chi connectivity index (χ1n) is 18.4. The topological polar surface area (TPSA) is 0 Å². The van der Waals surface area contributed by atoms with Crippen LogP contribution in [0.4, 0.5) is 0 Å². The van der Waals surface area contributed by atoms with Gasteiger partial charge in [-0.3, -0.25) is 0 Å². The van der Waals surface area contributed by atoms with Crippen molar-refractivity contribution in [2.75, 3.05) is 0 Å². The van der Waals surface area contributed by atoms with Crippen LogP contribution < -0.4 is 0 Å². The third kappa shape index (κ3) is 5.66. The summed E-state index contributed by atoms with van der Waals surface area (Å²) in [4.78, 5) is 0. The van der Waals surface area contributed by atoms with Crippen molar-refractivity contribution in [3.05, 3.63) is 129 Å². The van der Waals surface area contributed by atoms with E-state index in [1.54, 1.807) is 0 Å². The molecule has 0 radical (unpaired) electrons. The number of hydrogen-bond donors (Lipinski definition) is 0. The number of hydrogen-bond acceptors (Lipinski definition) is 0. The maximum atomic E-state index is 8.76. The van der Waals surface area contributed by atoms with Crippen LogP contribution in [0.5, 0.6) is 0 Å². The van der Waals surface area contributed by atoms with E-state index in [0.29, 0.717) is 11.8 Å². The molecule has 4 aromatic carbocycles. The summed E-state index contributed by atoms with van der Waals surface area (Å²) in [5.41, 5.74) is 16.6. The van der Waals surface area contributed by atoms with Crippen LogP contribution in [-0.4, -0.2) is 5.92 Å². The van der Waals surface area contributed by atoms with Crippen molar-refractivity contribution in [3.63, 3.8) is 0 Å². The van der Waals surface area contributed by atoms with E-state index < -0.39 is 21.5 Å². The zero-order chi connectivity index (χ0) is 34.4. The van der Waals surface area contributed by atoms with Crippen LogP contribution in [0, 0.1) is 0 Å². The van der Waals surface area contributed by atoms with E-state index in [0.717, 1.165) is 25.7 Å². The predicted molar refractivity (Wildman–Crippen MR) is 214 cm³/mol. The first-order chi connectivity index (χ1) is 23.0. The van der Waals surface area contributed by atoms with Gasteiger partial charge in [0.05, 0.1) is 0 Å². The molecule has 0 spiro atoms. The van der Waals surface area contributed by atoms with Crippen molar-refractivity contribution < 1.29 is 15.6 Å². The second kappa shape index (κ2) is 14.0. The Morgan fingerprint density at radius 1 is 0.583 bits per heavy atom. The summed E-state index contributed by atoms with van der Waals surface area (Å²) in [5, 5.41) is 0. The summed E-state index contributed by atoms with van der Waals surface area (Å²) in [7, 11) is 17.5. The minimum absolute atomic E-state index is 0.107. The van der Waals surface area contributed by atoms with E-state index in [-0.39, 0.29) is 7.25 Å². The molecule has 2 aliphatic rings. The molecule has 0 bridgehead atoms. The first-order valence-corrected chi connectivity index (χ1v) is 34.7. The molecule has 0 saturated carbocycles. The molecular formula is C44H53Cl2SiZr. The Balaban J connectivity index is 1.64. The van der Waals surface area contributed by atoms with Gasteiger partial charge in [0.15, 0.2) is 0 Å². The molecule has 4 unspecified atom stereocenters. The van der Waals surface area contributed by atoms with E-state index in [1.165, 1.54) is 66.8 Å². The van der Waals surface area contributed by atoms with Gasteiger partial charge in [0.25, 0.3) is 0 Å². The van der Waals surface area contributed by atoms with Gasteiger partial charge in [-0.2, -0.15) is 0 Å². The molecule has 251 valence electrons. The van der Waals surface area contributed by atoms with Crippen LogP contribution in [0.3, 0.4) is 0 Å². The van der Waals surface area contributed by atoms with Gasteiger partial charge in [0.1, 0.15) is 0 Å². The van der Waals surface area contributed by atoms with Crippen molar-refractivity contribution in [2.45, 2.75) is 99.4 Å². The Morgan fingerprint density at radius 2 is 0.958 bits per heavy atom. The molecule has 4 aromatic rings. The Hall–Kier alpha value is -1.96. The normalized spacial score (nSPS) is 19.3. The summed E-state index contributed by atoms with van der Waals surface area (Å²) in [6.07, 6.45) is 9.18. The summed E-state index contributed by atoms with van der Waals surface area (Å²) in [5.74, 6) is -0.716. The summed E-state index contributed by atoms with van der Waals surface area (Å²) in [6.45, 7) is 18.9. The van der Waals surface area contributed by atoms with Crippen molar-refractivity contribution in [3.8, 4) is 22.3 Å². The van der Waals surface area contributed by atoms with Gasteiger partial charge < -0.3 is 0 Å². The average molecular weight is 772 g/mol. The van der Waals surface area contributed by atoms with Crippen molar-refractivity contribution >= 4 is 35.1 Å². The van der Waals surface area contributed by atoms with E-state index >= 15 is 0 Å². The number of benzene rings is 4. The molecular weight excluding hydrogens is 719 g/mol. The van der Waals surface area contributed by atoms with Crippen LogP contribution in [0.25, 0.3) is 34.4 Å². The van der Waals surface area contributed by atoms with Crippen molar-refractivity contribution in [1.29, 1.82) is 0 Å². The molecule has 4 heteroatoms. The van der Waals surface area contributed by atoms with Gasteiger partial charge in [0.2, 0.25) is 0 Å². The molecule has 6 rings (SSSR count). The molecule has 48 heavy (non-hydrogen) atoms. The molecule has 4 atom stereocenters. The molecule has 0 nitrogen and oxygen atoms in total. The zero-order valence-corrected chi connectivity index (χ0v) is 35.3. The number of allylic oxidation sites excluding steroid dienone is 2. The molecule has 0 saturated heterocycles. The molecule has 0 aliphatic heterocycles. The molecule has 0 fully saturated rings. The summed E-state index contributed by atoms with van der Waals surface area (Å²) >= 11 is -4.85. The van der Waals surface area contributed by atoms with Crippen LogP contribution in [0.2, 0.25) is 13.1 Å². The molecule has 0 N–H and O–H groups in total. The number of fused-ring (bicyclic) bond motifs is 2. The van der Waals surface area contributed by atoms with Gasteiger partial charge in [-0.1, -0.05) is 0 Å². The van der Waals surface area contributed by atoms with Gasteiger partial charge in [-0.15, -0.1) is 0 Å². The summed E-state index contributed by atoms with van der Waals surface area (Å²) < 4.78 is 0.213. The summed E-state index contributed by atoms with van der Waals surface area (Å²) in [6, 6.07) is 31.8. The second-order valence-corrected chi connectivity index (χ2v) is 57.3. The fourth-order valence-electron chi connectivity index (χ4n) is 8.92. The first kappa shape index (κ1) is 35.9. The SMILES string of the molecule is CCC1=Cc2c(ccc(C(C)CC)c2-c2ccccc2)[CH]1[Zr]([Cl])([Cl])([CH]1C(CC)=Cc2c1ccc(C(C)CC)c2-c1ccccc1)[SiH](C)C.